The molecule has 0 radical (unpaired) electrons. The summed E-state index contributed by atoms with van der Waals surface area (Å²) >= 11 is 0. The summed E-state index contributed by atoms with van der Waals surface area (Å²) in [5.74, 6) is 0.522. The highest BCUT2D eigenvalue weighted by Crippen LogP contribution is 2.37. The Hall–Kier alpha value is -2.37. The van der Waals surface area contributed by atoms with Crippen molar-refractivity contribution in [3.63, 3.8) is 0 Å². The minimum Gasteiger partial charge on any atom is -0.493 e. The molecule has 1 aromatic heterocycles. The lowest BCUT2D eigenvalue weighted by molar-refractivity contribution is 0.247. The molecule has 0 bridgehead atoms. The van der Waals surface area contributed by atoms with Gasteiger partial charge in [-0.3, -0.25) is 0 Å². The Kier molecular flexibility index (Phi) is 3.37. The molecule has 0 unspecified atom stereocenters. The number of aryl methyl sites for hydroxylation is 2. The molecule has 110 valence electrons. The number of carbonyl (C=O) groups excluding carboxylic acids is 1. The number of amides is 2. The summed E-state index contributed by atoms with van der Waals surface area (Å²) in [6.07, 6.45) is 2.33. The van der Waals surface area contributed by atoms with E-state index in [2.05, 4.69) is 20.5 Å². The number of carbonyl (C=O) groups is 1. The maximum Gasteiger partial charge on any atom is 0.359 e. The number of H-pyrrole nitrogens is 1. The predicted octanol–water partition coefficient (Wildman–Crippen LogP) is 3.69. The second-order valence-corrected chi connectivity index (χ2v) is 5.66. The van der Waals surface area contributed by atoms with E-state index in [0.717, 1.165) is 22.0 Å². The van der Waals surface area contributed by atoms with Crippen molar-refractivity contribution in [2.24, 2.45) is 16.1 Å². The molecule has 1 heterocycles. The highest BCUT2D eigenvalue weighted by atomic mass is 16.3. The van der Waals surface area contributed by atoms with Crippen molar-refractivity contribution in [2.45, 2.75) is 26.7 Å². The van der Waals surface area contributed by atoms with Gasteiger partial charge in [-0.05, 0) is 44.2 Å². The normalized spacial score (nSPS) is 15.0. The lowest BCUT2D eigenvalue weighted by Crippen LogP contribution is -2.21. The van der Waals surface area contributed by atoms with Gasteiger partial charge in [0, 0.05) is 11.9 Å². The van der Waals surface area contributed by atoms with Crippen molar-refractivity contribution in [3.8, 4) is 5.88 Å². The number of hydrogen-bond donors (Lipinski definition) is 3. The Morgan fingerprint density at radius 3 is 2.90 bits per heavy atom. The number of rotatable bonds is 3. The van der Waals surface area contributed by atoms with Crippen LogP contribution in [0.5, 0.6) is 5.88 Å². The predicted molar refractivity (Wildman–Crippen MR) is 80.1 cm³/mol. The van der Waals surface area contributed by atoms with Crippen LogP contribution in [0.3, 0.4) is 0 Å². The van der Waals surface area contributed by atoms with Crippen molar-refractivity contribution in [3.05, 3.63) is 23.3 Å². The molecular formula is C15H18N4O2. The van der Waals surface area contributed by atoms with Gasteiger partial charge in [0.1, 0.15) is 0 Å². The lowest BCUT2D eigenvalue weighted by atomic mass is 10.1. The van der Waals surface area contributed by atoms with Crippen molar-refractivity contribution >= 4 is 22.6 Å². The zero-order valence-corrected chi connectivity index (χ0v) is 12.1. The highest BCUT2D eigenvalue weighted by Gasteiger charge is 2.21. The number of azo groups is 1. The van der Waals surface area contributed by atoms with Crippen molar-refractivity contribution in [2.75, 3.05) is 6.54 Å². The minimum absolute atomic E-state index is 0.0718. The Morgan fingerprint density at radius 1 is 1.43 bits per heavy atom. The number of fused-ring (bicyclic) bond motifs is 1. The van der Waals surface area contributed by atoms with Gasteiger partial charge in [0.15, 0.2) is 5.69 Å². The Balaban J connectivity index is 1.85. The standard InChI is InChI=1S/C15H18N4O2/c1-8-5-9(2)12-11(6-8)13(14(20)17-12)18-19-15(21)16-7-10-3-4-10/h5-6,10,17,20H,3-4,7H2,1-2H3,(H,16,21). The zero-order chi connectivity index (χ0) is 15.0. The molecule has 2 amide bonds. The summed E-state index contributed by atoms with van der Waals surface area (Å²) in [6, 6.07) is 3.45. The fraction of sp³-hybridized carbons (Fsp3) is 0.400. The monoisotopic (exact) mass is 286 g/mol. The van der Waals surface area contributed by atoms with Gasteiger partial charge in [-0.1, -0.05) is 16.7 Å². The summed E-state index contributed by atoms with van der Waals surface area (Å²) in [7, 11) is 0. The van der Waals surface area contributed by atoms with Crippen molar-refractivity contribution < 1.29 is 9.90 Å². The summed E-state index contributed by atoms with van der Waals surface area (Å²) in [4.78, 5) is 14.5. The lowest BCUT2D eigenvalue weighted by Gasteiger charge is -1.99. The molecule has 2 aromatic rings. The van der Waals surface area contributed by atoms with E-state index in [4.69, 9.17) is 0 Å². The van der Waals surface area contributed by atoms with E-state index in [1.54, 1.807) is 0 Å². The number of aromatic amines is 1. The van der Waals surface area contributed by atoms with Crippen LogP contribution < -0.4 is 5.32 Å². The summed E-state index contributed by atoms with van der Waals surface area (Å²) in [5, 5.41) is 21.0. The van der Waals surface area contributed by atoms with Crippen LogP contribution in [-0.4, -0.2) is 22.7 Å². The second kappa shape index (κ2) is 5.20. The second-order valence-electron chi connectivity index (χ2n) is 5.66. The third-order valence-corrected chi connectivity index (χ3v) is 3.68. The van der Waals surface area contributed by atoms with E-state index in [1.165, 1.54) is 12.8 Å². The molecule has 1 aliphatic carbocycles. The number of hydrogen-bond acceptors (Lipinski definition) is 3. The van der Waals surface area contributed by atoms with Gasteiger partial charge in [0.05, 0.1) is 5.52 Å². The van der Waals surface area contributed by atoms with Gasteiger partial charge in [-0.15, -0.1) is 5.11 Å². The minimum atomic E-state index is -0.472. The number of nitrogens with one attached hydrogen (secondary N) is 2. The molecule has 1 aromatic carbocycles. The first-order valence-corrected chi connectivity index (χ1v) is 7.06. The van der Waals surface area contributed by atoms with Crippen LogP contribution in [0.1, 0.15) is 24.0 Å². The molecular weight excluding hydrogens is 268 g/mol. The van der Waals surface area contributed by atoms with Crippen LogP contribution >= 0.6 is 0 Å². The van der Waals surface area contributed by atoms with Gasteiger partial charge in [0.2, 0.25) is 5.88 Å². The van der Waals surface area contributed by atoms with Gasteiger partial charge in [-0.2, -0.15) is 0 Å². The van der Waals surface area contributed by atoms with Crippen LogP contribution in [0.25, 0.3) is 10.9 Å². The fourth-order valence-electron chi connectivity index (χ4n) is 2.41. The SMILES string of the molecule is Cc1cc(C)c2[nH]c(O)c(N=NC(=O)NCC3CC3)c2c1. The zero-order valence-electron chi connectivity index (χ0n) is 12.1. The summed E-state index contributed by atoms with van der Waals surface area (Å²) in [5.41, 5.74) is 3.19. The largest absolute Gasteiger partial charge is 0.493 e. The number of aromatic hydroxyl groups is 1. The number of urea groups is 1. The van der Waals surface area contributed by atoms with Crippen LogP contribution in [-0.2, 0) is 0 Å². The maximum absolute atomic E-state index is 11.6. The van der Waals surface area contributed by atoms with E-state index >= 15 is 0 Å². The number of benzene rings is 1. The number of aromatic nitrogens is 1. The Labute approximate surface area is 122 Å². The average Bonchev–Trinajstić information content (AvgIpc) is 3.19. The van der Waals surface area contributed by atoms with Gasteiger partial charge in [-0.25, -0.2) is 4.79 Å². The molecule has 21 heavy (non-hydrogen) atoms. The first kappa shape index (κ1) is 13.6. The molecule has 0 aliphatic heterocycles. The molecule has 6 heteroatoms. The van der Waals surface area contributed by atoms with Gasteiger partial charge >= 0.3 is 6.03 Å². The number of nitrogens with zero attached hydrogens (tertiary/aromatic N) is 2. The highest BCUT2D eigenvalue weighted by molar-refractivity contribution is 5.96. The molecule has 0 atom stereocenters. The van der Waals surface area contributed by atoms with Crippen molar-refractivity contribution in [1.29, 1.82) is 0 Å². The van der Waals surface area contributed by atoms with Crippen LogP contribution in [0.15, 0.2) is 22.4 Å². The first-order valence-electron chi connectivity index (χ1n) is 7.06. The molecule has 1 aliphatic rings. The van der Waals surface area contributed by atoms with E-state index in [-0.39, 0.29) is 5.88 Å². The fourth-order valence-corrected chi connectivity index (χ4v) is 2.41. The Morgan fingerprint density at radius 2 is 2.19 bits per heavy atom. The molecule has 3 rings (SSSR count). The van der Waals surface area contributed by atoms with Gasteiger partial charge in [0.25, 0.3) is 0 Å². The molecule has 1 fully saturated rings. The topological polar surface area (TPSA) is 89.8 Å². The molecule has 6 nitrogen and oxygen atoms in total. The smallest absolute Gasteiger partial charge is 0.359 e. The Bertz CT molecular complexity index is 729. The summed E-state index contributed by atoms with van der Waals surface area (Å²) < 4.78 is 0. The van der Waals surface area contributed by atoms with E-state index in [1.807, 2.05) is 26.0 Å². The van der Waals surface area contributed by atoms with Crippen LogP contribution in [0, 0.1) is 19.8 Å². The molecule has 0 saturated heterocycles. The first-order chi connectivity index (χ1) is 10.0. The third-order valence-electron chi connectivity index (χ3n) is 3.68. The van der Waals surface area contributed by atoms with E-state index in [9.17, 15) is 9.90 Å². The maximum atomic E-state index is 11.6. The average molecular weight is 286 g/mol. The van der Waals surface area contributed by atoms with E-state index < -0.39 is 6.03 Å². The molecule has 0 spiro atoms. The van der Waals surface area contributed by atoms with Crippen LogP contribution in [0.4, 0.5) is 10.5 Å². The molecule has 1 saturated carbocycles. The quantitative estimate of drug-likeness (QED) is 0.751. The van der Waals surface area contributed by atoms with Crippen LogP contribution in [0.2, 0.25) is 0 Å². The van der Waals surface area contributed by atoms with Gasteiger partial charge < -0.3 is 15.4 Å². The molecule has 3 N–H and O–H groups in total. The third kappa shape index (κ3) is 2.89. The summed E-state index contributed by atoms with van der Waals surface area (Å²) in [6.45, 7) is 4.57. The van der Waals surface area contributed by atoms with E-state index in [0.29, 0.717) is 18.2 Å². The van der Waals surface area contributed by atoms with Crippen molar-refractivity contribution in [1.82, 2.24) is 10.3 Å².